The van der Waals surface area contributed by atoms with Gasteiger partial charge >= 0.3 is 0 Å². The molecule has 2 aromatic carbocycles. The van der Waals surface area contributed by atoms with Gasteiger partial charge in [-0.2, -0.15) is 0 Å². The quantitative estimate of drug-likeness (QED) is 0.779. The van der Waals surface area contributed by atoms with E-state index in [2.05, 4.69) is 53.4 Å². The van der Waals surface area contributed by atoms with Crippen LogP contribution in [0.2, 0.25) is 0 Å². The molecule has 5 heteroatoms. The number of aliphatic hydroxyl groups is 2. The summed E-state index contributed by atoms with van der Waals surface area (Å²) in [6.45, 7) is 3.01. The molecule has 0 saturated carbocycles. The zero-order valence-electron chi connectivity index (χ0n) is 18.3. The van der Waals surface area contributed by atoms with Crippen LogP contribution in [0, 0.1) is 11.8 Å². The standard InChI is InChI=1S/C27H31NO4/c29-16-26-19-10-4-2-8-17(19)22(18-9-3-5-11-20(18)26)23-21-14-31-25(32-21)27(30,24(23)26)15-28-12-6-1-7-13-28/h2-5,8-11,21-25,29-30H,1,6-7,12-16H2/t21-,22?,23+,24+,25-,26?,27-/m1/s1. The van der Waals surface area contributed by atoms with E-state index in [1.165, 1.54) is 41.5 Å². The molecule has 0 amide bonds. The highest BCUT2D eigenvalue weighted by Gasteiger charge is 2.72. The molecule has 2 N–H and O–H groups in total. The maximum atomic E-state index is 12.6. The van der Waals surface area contributed by atoms with Crippen molar-refractivity contribution in [2.45, 2.75) is 48.6 Å². The smallest absolute Gasteiger partial charge is 0.188 e. The van der Waals surface area contributed by atoms with E-state index in [0.717, 1.165) is 13.1 Å². The molecule has 3 aliphatic heterocycles. The summed E-state index contributed by atoms with van der Waals surface area (Å²) in [5.74, 6) is 0.0461. The molecule has 0 spiro atoms. The van der Waals surface area contributed by atoms with Crippen LogP contribution in [-0.2, 0) is 14.9 Å². The summed E-state index contributed by atoms with van der Waals surface area (Å²) >= 11 is 0. The Morgan fingerprint density at radius 3 is 2.25 bits per heavy atom. The maximum Gasteiger partial charge on any atom is 0.188 e. The Balaban J connectivity index is 1.48. The zero-order valence-corrected chi connectivity index (χ0v) is 18.3. The first-order chi connectivity index (χ1) is 15.7. The molecule has 0 radical (unpaired) electrons. The highest BCUT2D eigenvalue weighted by molar-refractivity contribution is 5.62. The van der Waals surface area contributed by atoms with Crippen molar-refractivity contribution in [3.63, 3.8) is 0 Å². The predicted octanol–water partition coefficient (Wildman–Crippen LogP) is 2.63. The lowest BCUT2D eigenvalue weighted by molar-refractivity contribution is -0.276. The van der Waals surface area contributed by atoms with Gasteiger partial charge in [0, 0.05) is 24.3 Å². The van der Waals surface area contributed by atoms with Gasteiger partial charge in [-0.25, -0.2) is 0 Å². The van der Waals surface area contributed by atoms with E-state index in [1.807, 2.05) is 0 Å². The molecule has 3 fully saturated rings. The Morgan fingerprint density at radius 2 is 1.59 bits per heavy atom. The predicted molar refractivity (Wildman–Crippen MR) is 119 cm³/mol. The molecule has 3 aliphatic carbocycles. The number of fused-ring (bicyclic) bond motifs is 2. The van der Waals surface area contributed by atoms with Crippen molar-refractivity contribution in [2.24, 2.45) is 11.8 Å². The van der Waals surface area contributed by atoms with Gasteiger partial charge in [-0.05, 0) is 48.2 Å². The molecule has 0 aromatic heterocycles. The number of aliphatic hydroxyl groups excluding tert-OH is 1. The van der Waals surface area contributed by atoms with Crippen LogP contribution in [0.25, 0.3) is 0 Å². The normalized spacial score (nSPS) is 41.8. The lowest BCUT2D eigenvalue weighted by atomic mass is 9.42. The van der Waals surface area contributed by atoms with Crippen LogP contribution in [0.5, 0.6) is 0 Å². The van der Waals surface area contributed by atoms with Gasteiger partial charge in [0.25, 0.3) is 0 Å². The summed E-state index contributed by atoms with van der Waals surface area (Å²) in [5.41, 5.74) is 3.05. The van der Waals surface area contributed by atoms with Gasteiger partial charge in [-0.15, -0.1) is 0 Å². The number of likely N-dealkylation sites (tertiary alicyclic amines) is 1. The van der Waals surface area contributed by atoms with Crippen molar-refractivity contribution >= 4 is 0 Å². The molecular weight excluding hydrogens is 402 g/mol. The molecule has 32 heavy (non-hydrogen) atoms. The molecule has 6 aliphatic rings. The summed E-state index contributed by atoms with van der Waals surface area (Å²) in [7, 11) is 0. The Morgan fingerprint density at radius 1 is 0.938 bits per heavy atom. The van der Waals surface area contributed by atoms with Crippen molar-refractivity contribution in [3.8, 4) is 0 Å². The third-order valence-electron chi connectivity index (χ3n) is 9.11. The van der Waals surface area contributed by atoms with Gasteiger partial charge in [-0.1, -0.05) is 55.0 Å². The van der Waals surface area contributed by atoms with Crippen LogP contribution in [0.3, 0.4) is 0 Å². The Labute approximate surface area is 189 Å². The van der Waals surface area contributed by atoms with E-state index < -0.39 is 17.3 Å². The van der Waals surface area contributed by atoms with E-state index in [4.69, 9.17) is 9.47 Å². The van der Waals surface area contributed by atoms with E-state index >= 15 is 0 Å². The minimum absolute atomic E-state index is 0.0311. The topological polar surface area (TPSA) is 62.2 Å². The molecule has 168 valence electrons. The van der Waals surface area contributed by atoms with Crippen LogP contribution in [0.1, 0.15) is 47.4 Å². The van der Waals surface area contributed by atoms with Crippen LogP contribution in [-0.4, -0.2) is 66.0 Å². The summed E-state index contributed by atoms with van der Waals surface area (Å²) < 4.78 is 12.6. The number of hydrogen-bond donors (Lipinski definition) is 2. The molecule has 5 nitrogen and oxygen atoms in total. The first kappa shape index (κ1) is 19.7. The van der Waals surface area contributed by atoms with E-state index in [0.29, 0.717) is 13.2 Å². The summed E-state index contributed by atoms with van der Waals surface area (Å²) in [5, 5.41) is 23.8. The Hall–Kier alpha value is -1.76. The largest absolute Gasteiger partial charge is 0.395 e. The van der Waals surface area contributed by atoms with Crippen LogP contribution in [0.4, 0.5) is 0 Å². The average Bonchev–Trinajstić information content (AvgIpc) is 3.31. The van der Waals surface area contributed by atoms with Gasteiger partial charge in [0.1, 0.15) is 5.60 Å². The van der Waals surface area contributed by atoms with Crippen molar-refractivity contribution in [2.75, 3.05) is 32.8 Å². The summed E-state index contributed by atoms with van der Waals surface area (Å²) in [6.07, 6.45) is 2.88. The second-order valence-corrected chi connectivity index (χ2v) is 10.5. The minimum Gasteiger partial charge on any atom is -0.395 e. The third kappa shape index (κ3) is 2.31. The molecule has 8 rings (SSSR count). The third-order valence-corrected chi connectivity index (χ3v) is 9.11. The average molecular weight is 434 g/mol. The fourth-order valence-electron chi connectivity index (χ4n) is 8.07. The van der Waals surface area contributed by atoms with Crippen molar-refractivity contribution in [1.82, 2.24) is 4.90 Å². The number of ether oxygens (including phenoxy) is 2. The van der Waals surface area contributed by atoms with Gasteiger partial charge in [0.2, 0.25) is 0 Å². The molecular formula is C27H31NO4. The monoisotopic (exact) mass is 433 g/mol. The van der Waals surface area contributed by atoms with Crippen LogP contribution < -0.4 is 0 Å². The van der Waals surface area contributed by atoms with E-state index in [-0.39, 0.29) is 30.5 Å². The number of rotatable bonds is 3. The number of hydrogen-bond acceptors (Lipinski definition) is 5. The maximum absolute atomic E-state index is 12.6. The minimum atomic E-state index is -1.18. The fraction of sp³-hybridized carbons (Fsp3) is 0.556. The van der Waals surface area contributed by atoms with E-state index in [9.17, 15) is 10.2 Å². The number of β-amino-alcohol motifs (C(OH)–C–C–N with tert-alkyl or cyclic N) is 1. The second kappa shape index (κ2) is 6.87. The van der Waals surface area contributed by atoms with Gasteiger partial charge in [0.05, 0.1) is 24.7 Å². The van der Waals surface area contributed by atoms with Gasteiger partial charge in [0.15, 0.2) is 6.29 Å². The Kier molecular flexibility index (Phi) is 4.23. The summed E-state index contributed by atoms with van der Waals surface area (Å²) in [6, 6.07) is 17.1. The van der Waals surface area contributed by atoms with Crippen LogP contribution >= 0.6 is 0 Å². The van der Waals surface area contributed by atoms with E-state index in [1.54, 1.807) is 0 Å². The highest BCUT2D eigenvalue weighted by atomic mass is 16.7. The number of benzene rings is 2. The molecule has 0 unspecified atom stereocenters. The first-order valence-corrected chi connectivity index (χ1v) is 12.2. The van der Waals surface area contributed by atoms with Crippen molar-refractivity contribution in [1.29, 1.82) is 0 Å². The lowest BCUT2D eigenvalue weighted by Crippen LogP contribution is -2.72. The van der Waals surface area contributed by atoms with Gasteiger partial charge < -0.3 is 24.6 Å². The van der Waals surface area contributed by atoms with Crippen molar-refractivity contribution in [3.05, 3.63) is 70.8 Å². The first-order valence-electron chi connectivity index (χ1n) is 12.2. The second-order valence-electron chi connectivity index (χ2n) is 10.5. The molecule has 5 atom stereocenters. The molecule has 3 heterocycles. The lowest BCUT2D eigenvalue weighted by Gasteiger charge is -2.64. The van der Waals surface area contributed by atoms with Crippen molar-refractivity contribution < 1.29 is 19.7 Å². The fourth-order valence-corrected chi connectivity index (χ4v) is 8.07. The Bertz CT molecular complexity index is 1000. The molecule has 4 bridgehead atoms. The van der Waals surface area contributed by atoms with Crippen LogP contribution in [0.15, 0.2) is 48.5 Å². The zero-order chi connectivity index (χ0) is 21.5. The van der Waals surface area contributed by atoms with Gasteiger partial charge in [-0.3, -0.25) is 0 Å². The number of nitrogens with zero attached hydrogens (tertiary/aromatic N) is 1. The highest BCUT2D eigenvalue weighted by Crippen LogP contribution is 2.67. The number of piperidine rings is 1. The SMILES string of the molecule is OCC12c3ccccc3C(c3ccccc31)[C@@H]1[C@H]3CO[C@H](O3)[C@@](O)(CN3CCCCC3)[C@@H]12. The molecule has 3 saturated heterocycles. The summed E-state index contributed by atoms with van der Waals surface area (Å²) in [4.78, 5) is 2.39. The molecule has 2 aromatic rings.